The second-order valence-electron chi connectivity index (χ2n) is 7.54. The van der Waals surface area contributed by atoms with E-state index in [0.29, 0.717) is 17.7 Å². The lowest BCUT2D eigenvalue weighted by Crippen LogP contribution is -2.35. The van der Waals surface area contributed by atoms with E-state index in [1.807, 2.05) is 79.4 Å². The number of para-hydroxylation sites is 1. The van der Waals surface area contributed by atoms with Gasteiger partial charge in [-0.05, 0) is 74.2 Å². The number of benzene rings is 3. The molecule has 0 spiro atoms. The molecule has 3 aromatic rings. The number of rotatable bonds is 3. The van der Waals surface area contributed by atoms with Crippen molar-refractivity contribution in [3.05, 3.63) is 94.5 Å². The van der Waals surface area contributed by atoms with Gasteiger partial charge in [-0.25, -0.2) is 0 Å². The van der Waals surface area contributed by atoms with Crippen LogP contribution in [-0.2, 0) is 6.42 Å². The van der Waals surface area contributed by atoms with Crippen LogP contribution < -0.4 is 10.2 Å². The van der Waals surface area contributed by atoms with E-state index in [2.05, 4.69) is 5.32 Å². The van der Waals surface area contributed by atoms with E-state index in [-0.39, 0.29) is 11.8 Å². The van der Waals surface area contributed by atoms with Gasteiger partial charge in [0.25, 0.3) is 11.8 Å². The maximum absolute atomic E-state index is 13.0. The Morgan fingerprint density at radius 3 is 2.38 bits per heavy atom. The summed E-state index contributed by atoms with van der Waals surface area (Å²) >= 11 is 0. The van der Waals surface area contributed by atoms with E-state index in [4.69, 9.17) is 0 Å². The Kier molecular flexibility index (Phi) is 5.17. The van der Waals surface area contributed by atoms with Crippen LogP contribution in [0.4, 0.5) is 11.4 Å². The number of fused-ring (bicyclic) bond motifs is 1. The molecule has 0 radical (unpaired) electrons. The maximum Gasteiger partial charge on any atom is 0.258 e. The molecule has 4 rings (SSSR count). The van der Waals surface area contributed by atoms with Crippen molar-refractivity contribution in [2.45, 2.75) is 26.7 Å². The molecule has 0 atom stereocenters. The second-order valence-corrected chi connectivity index (χ2v) is 7.54. The highest BCUT2D eigenvalue weighted by Gasteiger charge is 2.24. The van der Waals surface area contributed by atoms with Crippen molar-refractivity contribution < 1.29 is 9.59 Å². The minimum atomic E-state index is -0.135. The van der Waals surface area contributed by atoms with Crippen LogP contribution in [0.3, 0.4) is 0 Å². The van der Waals surface area contributed by atoms with Gasteiger partial charge in [0.15, 0.2) is 0 Å². The molecule has 29 heavy (non-hydrogen) atoms. The number of hydrogen-bond acceptors (Lipinski definition) is 2. The molecule has 0 aliphatic carbocycles. The topological polar surface area (TPSA) is 49.4 Å². The van der Waals surface area contributed by atoms with Gasteiger partial charge in [0, 0.05) is 29.0 Å². The zero-order valence-corrected chi connectivity index (χ0v) is 16.7. The number of nitrogens with one attached hydrogen (secondary N) is 1. The third-order valence-electron chi connectivity index (χ3n) is 5.40. The number of anilines is 2. The summed E-state index contributed by atoms with van der Waals surface area (Å²) in [6.07, 6.45) is 1.74. The lowest BCUT2D eigenvalue weighted by Gasteiger charge is -2.30. The molecule has 3 aromatic carbocycles. The number of aryl methyl sites for hydroxylation is 3. The van der Waals surface area contributed by atoms with Crippen molar-refractivity contribution in [2.24, 2.45) is 0 Å². The fourth-order valence-corrected chi connectivity index (χ4v) is 3.71. The third kappa shape index (κ3) is 3.92. The van der Waals surface area contributed by atoms with Gasteiger partial charge < -0.3 is 10.2 Å². The molecule has 0 fully saturated rings. The predicted molar refractivity (Wildman–Crippen MR) is 117 cm³/mol. The van der Waals surface area contributed by atoms with Crippen molar-refractivity contribution in [2.75, 3.05) is 16.8 Å². The molecule has 0 unspecified atom stereocenters. The van der Waals surface area contributed by atoms with E-state index in [1.54, 1.807) is 6.07 Å². The van der Waals surface area contributed by atoms with Crippen LogP contribution in [0.2, 0.25) is 0 Å². The van der Waals surface area contributed by atoms with Crippen LogP contribution in [0.25, 0.3) is 0 Å². The Hall–Kier alpha value is -3.40. The predicted octanol–water partition coefficient (Wildman–Crippen LogP) is 5.15. The molecule has 0 saturated heterocycles. The van der Waals surface area contributed by atoms with Crippen LogP contribution in [0.15, 0.2) is 66.7 Å². The summed E-state index contributed by atoms with van der Waals surface area (Å²) in [6.45, 7) is 4.67. The van der Waals surface area contributed by atoms with Gasteiger partial charge in [0.05, 0.1) is 0 Å². The first-order valence-electron chi connectivity index (χ1n) is 9.91. The maximum atomic E-state index is 13.0. The van der Waals surface area contributed by atoms with Gasteiger partial charge in [-0.1, -0.05) is 35.9 Å². The van der Waals surface area contributed by atoms with Crippen LogP contribution in [-0.4, -0.2) is 18.4 Å². The molecule has 1 N–H and O–H groups in total. The van der Waals surface area contributed by atoms with Crippen molar-refractivity contribution in [1.29, 1.82) is 0 Å². The van der Waals surface area contributed by atoms with Crippen molar-refractivity contribution in [3.8, 4) is 0 Å². The van der Waals surface area contributed by atoms with Crippen LogP contribution in [0.1, 0.15) is 43.8 Å². The standard InChI is InChI=1S/C25H24N2O2/c1-17-9-11-19(12-10-17)25(29)27-15-5-7-20-16-21(13-14-23(20)27)24(28)26-22-8-4-3-6-18(22)2/h3-4,6,8-14,16H,5,7,15H2,1-2H3,(H,26,28). The molecule has 4 heteroatoms. The fourth-order valence-electron chi connectivity index (χ4n) is 3.71. The Morgan fingerprint density at radius 1 is 0.897 bits per heavy atom. The molecule has 0 aromatic heterocycles. The van der Waals surface area contributed by atoms with Crippen LogP contribution in [0.5, 0.6) is 0 Å². The van der Waals surface area contributed by atoms with Gasteiger partial charge in [-0.2, -0.15) is 0 Å². The number of hydrogen-bond donors (Lipinski definition) is 1. The summed E-state index contributed by atoms with van der Waals surface area (Å²) in [4.78, 5) is 27.6. The summed E-state index contributed by atoms with van der Waals surface area (Å²) in [5.41, 5.74) is 6.19. The van der Waals surface area contributed by atoms with Gasteiger partial charge in [0.1, 0.15) is 0 Å². The monoisotopic (exact) mass is 384 g/mol. The molecule has 146 valence electrons. The average Bonchev–Trinajstić information content (AvgIpc) is 2.74. The molecular weight excluding hydrogens is 360 g/mol. The second kappa shape index (κ2) is 7.92. The van der Waals surface area contributed by atoms with Gasteiger partial charge >= 0.3 is 0 Å². The minimum absolute atomic E-state index is 0.00284. The Labute approximate surface area is 171 Å². The van der Waals surface area contributed by atoms with Crippen molar-refractivity contribution in [1.82, 2.24) is 0 Å². The lowest BCUT2D eigenvalue weighted by atomic mass is 9.98. The quantitative estimate of drug-likeness (QED) is 0.679. The number of nitrogens with zero attached hydrogens (tertiary/aromatic N) is 1. The molecule has 0 bridgehead atoms. The highest BCUT2D eigenvalue weighted by atomic mass is 16.2. The molecule has 1 heterocycles. The summed E-state index contributed by atoms with van der Waals surface area (Å²) in [7, 11) is 0. The highest BCUT2D eigenvalue weighted by molar-refractivity contribution is 6.08. The summed E-state index contributed by atoms with van der Waals surface area (Å²) < 4.78 is 0. The fraction of sp³-hybridized carbons (Fsp3) is 0.200. The summed E-state index contributed by atoms with van der Waals surface area (Å²) in [5.74, 6) is -0.132. The molecular formula is C25H24N2O2. The Balaban J connectivity index is 1.58. The normalized spacial score (nSPS) is 13.0. The number of carbonyl (C=O) groups is 2. The third-order valence-corrected chi connectivity index (χ3v) is 5.40. The molecule has 0 saturated carbocycles. The van der Waals surface area contributed by atoms with E-state index in [1.165, 1.54) is 0 Å². The lowest BCUT2D eigenvalue weighted by molar-refractivity contribution is 0.0984. The largest absolute Gasteiger partial charge is 0.322 e. The van der Waals surface area contributed by atoms with Gasteiger partial charge in [-0.3, -0.25) is 9.59 Å². The van der Waals surface area contributed by atoms with Crippen LogP contribution in [0, 0.1) is 13.8 Å². The Bertz CT molecular complexity index is 1070. The first-order chi connectivity index (χ1) is 14.0. The first kappa shape index (κ1) is 18.9. The van der Waals surface area contributed by atoms with Gasteiger partial charge in [0.2, 0.25) is 0 Å². The zero-order valence-electron chi connectivity index (χ0n) is 16.7. The smallest absolute Gasteiger partial charge is 0.258 e. The van der Waals surface area contributed by atoms with Crippen molar-refractivity contribution >= 4 is 23.2 Å². The van der Waals surface area contributed by atoms with Crippen LogP contribution >= 0.6 is 0 Å². The average molecular weight is 384 g/mol. The molecule has 2 amide bonds. The highest BCUT2D eigenvalue weighted by Crippen LogP contribution is 2.30. The van der Waals surface area contributed by atoms with E-state index < -0.39 is 0 Å². The first-order valence-corrected chi connectivity index (χ1v) is 9.91. The van der Waals surface area contributed by atoms with Gasteiger partial charge in [-0.15, -0.1) is 0 Å². The van der Waals surface area contributed by atoms with E-state index >= 15 is 0 Å². The zero-order chi connectivity index (χ0) is 20.4. The van der Waals surface area contributed by atoms with Crippen molar-refractivity contribution in [3.63, 3.8) is 0 Å². The molecule has 1 aliphatic rings. The molecule has 4 nitrogen and oxygen atoms in total. The van der Waals surface area contributed by atoms with E-state index in [9.17, 15) is 9.59 Å². The Morgan fingerprint density at radius 2 is 1.62 bits per heavy atom. The number of amides is 2. The summed E-state index contributed by atoms with van der Waals surface area (Å²) in [6, 6.07) is 21.0. The SMILES string of the molecule is Cc1ccc(C(=O)N2CCCc3cc(C(=O)Nc4ccccc4C)ccc32)cc1. The number of carbonyl (C=O) groups excluding carboxylic acids is 2. The summed E-state index contributed by atoms with van der Waals surface area (Å²) in [5, 5.41) is 2.98. The minimum Gasteiger partial charge on any atom is -0.322 e. The van der Waals surface area contributed by atoms with E-state index in [0.717, 1.165) is 40.9 Å². The molecule has 1 aliphatic heterocycles.